The number of nitrogens with zero attached hydrogens (tertiary/aromatic N) is 2. The number of carboxylic acids is 1. The minimum Gasteiger partial charge on any atom is -0.487 e. The predicted molar refractivity (Wildman–Crippen MR) is 120 cm³/mol. The van der Waals surface area contributed by atoms with Crippen molar-refractivity contribution in [3.8, 4) is 16.5 Å². The lowest BCUT2D eigenvalue weighted by Crippen LogP contribution is -2.05. The van der Waals surface area contributed by atoms with E-state index >= 15 is 0 Å². The average molecular weight is 420 g/mol. The molecule has 0 aliphatic carbocycles. The van der Waals surface area contributed by atoms with Crippen LogP contribution >= 0.6 is 11.3 Å². The van der Waals surface area contributed by atoms with Crippen LogP contribution < -0.4 is 10.1 Å². The predicted octanol–water partition coefficient (Wildman–Crippen LogP) is 5.68. The van der Waals surface area contributed by atoms with Crippen molar-refractivity contribution in [3.05, 3.63) is 64.7 Å². The Morgan fingerprint density at radius 2 is 1.90 bits per heavy atom. The zero-order valence-electron chi connectivity index (χ0n) is 16.9. The lowest BCUT2D eigenvalue weighted by Gasteiger charge is -2.14. The van der Waals surface area contributed by atoms with E-state index in [0.717, 1.165) is 50.6 Å². The van der Waals surface area contributed by atoms with Gasteiger partial charge < -0.3 is 15.2 Å². The molecule has 2 N–H and O–H groups in total. The molecule has 0 atom stereocenters. The Balaban J connectivity index is 1.72. The first-order valence-electron chi connectivity index (χ1n) is 9.53. The fourth-order valence-electron chi connectivity index (χ4n) is 3.39. The number of benzene rings is 2. The van der Waals surface area contributed by atoms with Gasteiger partial charge >= 0.3 is 5.97 Å². The zero-order valence-corrected chi connectivity index (χ0v) is 17.7. The van der Waals surface area contributed by atoms with Gasteiger partial charge in [0.1, 0.15) is 5.82 Å². The Bertz CT molecular complexity index is 1250. The molecular formula is C23H21N3O3S. The van der Waals surface area contributed by atoms with Crippen LogP contribution in [0.25, 0.3) is 22.2 Å². The molecule has 7 heteroatoms. The molecule has 6 nitrogen and oxygen atoms in total. The number of aromatic nitrogens is 2. The van der Waals surface area contributed by atoms with Crippen LogP contribution in [0.3, 0.4) is 0 Å². The molecule has 0 radical (unpaired) electrons. The van der Waals surface area contributed by atoms with Crippen LogP contribution in [0, 0.1) is 6.92 Å². The Kier molecular flexibility index (Phi) is 5.37. The van der Waals surface area contributed by atoms with Crippen molar-refractivity contribution < 1.29 is 14.6 Å². The van der Waals surface area contributed by atoms with Crippen LogP contribution in [0.5, 0.6) is 5.06 Å². The number of aromatic carboxylic acids is 1. The van der Waals surface area contributed by atoms with E-state index in [1.807, 2.05) is 42.6 Å². The second-order valence-corrected chi connectivity index (χ2v) is 7.75. The second kappa shape index (κ2) is 8.12. The molecule has 2 heterocycles. The molecule has 0 aliphatic heterocycles. The molecule has 4 aromatic rings. The van der Waals surface area contributed by atoms with E-state index < -0.39 is 5.97 Å². The monoisotopic (exact) mass is 419 g/mol. The molecule has 0 spiro atoms. The van der Waals surface area contributed by atoms with Crippen molar-refractivity contribution in [3.63, 3.8) is 0 Å². The van der Waals surface area contributed by atoms with Gasteiger partial charge in [-0.2, -0.15) is 0 Å². The summed E-state index contributed by atoms with van der Waals surface area (Å²) in [5, 5.41) is 17.2. The number of aryl methyl sites for hydroxylation is 1. The molecule has 0 amide bonds. The van der Waals surface area contributed by atoms with Crippen molar-refractivity contribution in [1.82, 2.24) is 9.97 Å². The lowest BCUT2D eigenvalue weighted by molar-refractivity contribution is 0.0697. The van der Waals surface area contributed by atoms with Crippen molar-refractivity contribution in [2.75, 3.05) is 12.4 Å². The van der Waals surface area contributed by atoms with E-state index in [1.165, 1.54) is 11.3 Å². The van der Waals surface area contributed by atoms with Crippen LogP contribution in [0.15, 0.2) is 47.8 Å². The van der Waals surface area contributed by atoms with Gasteiger partial charge in [-0.15, -0.1) is 11.3 Å². The summed E-state index contributed by atoms with van der Waals surface area (Å²) in [5.74, 6) is 0.492. The molecule has 4 rings (SSSR count). The third-order valence-electron chi connectivity index (χ3n) is 4.95. The highest BCUT2D eigenvalue weighted by atomic mass is 32.1. The highest BCUT2D eigenvalue weighted by molar-refractivity contribution is 7.12. The maximum Gasteiger partial charge on any atom is 0.335 e. The molecule has 0 bridgehead atoms. The van der Waals surface area contributed by atoms with E-state index in [2.05, 4.69) is 17.2 Å². The first-order chi connectivity index (χ1) is 14.5. The number of carbonyl (C=O) groups is 1. The van der Waals surface area contributed by atoms with Crippen LogP contribution in [0.1, 0.15) is 28.5 Å². The summed E-state index contributed by atoms with van der Waals surface area (Å²) in [7, 11) is 1.65. The number of hydrogen-bond acceptors (Lipinski definition) is 6. The van der Waals surface area contributed by atoms with Gasteiger partial charge in [-0.3, -0.25) is 0 Å². The Morgan fingerprint density at radius 1 is 1.13 bits per heavy atom. The Morgan fingerprint density at radius 3 is 2.60 bits per heavy atom. The molecule has 0 aliphatic rings. The summed E-state index contributed by atoms with van der Waals surface area (Å²) in [5.41, 5.74) is 4.07. The Labute approximate surface area is 178 Å². The number of rotatable bonds is 6. The first-order valence-corrected chi connectivity index (χ1v) is 10.4. The number of carboxylic acid groups (broad SMARTS) is 1. The third kappa shape index (κ3) is 3.84. The van der Waals surface area contributed by atoms with Gasteiger partial charge in [-0.05, 0) is 48.4 Å². The fraction of sp³-hybridized carbons (Fsp3) is 0.174. The van der Waals surface area contributed by atoms with Gasteiger partial charge in [-0.25, -0.2) is 14.8 Å². The highest BCUT2D eigenvalue weighted by Gasteiger charge is 2.14. The van der Waals surface area contributed by atoms with Crippen molar-refractivity contribution in [2.45, 2.75) is 20.3 Å². The quantitative estimate of drug-likeness (QED) is 0.418. The minimum atomic E-state index is -0.930. The van der Waals surface area contributed by atoms with E-state index in [4.69, 9.17) is 9.72 Å². The first kappa shape index (κ1) is 19.8. The molecule has 2 aromatic heterocycles. The van der Waals surface area contributed by atoms with Crippen molar-refractivity contribution >= 4 is 39.6 Å². The average Bonchev–Trinajstić information content (AvgIpc) is 3.22. The largest absolute Gasteiger partial charge is 0.487 e. The van der Waals surface area contributed by atoms with Gasteiger partial charge in [0.2, 0.25) is 0 Å². The third-order valence-corrected chi connectivity index (χ3v) is 5.84. The van der Waals surface area contributed by atoms with Crippen molar-refractivity contribution in [1.29, 1.82) is 0 Å². The number of fused-ring (bicyclic) bond motifs is 1. The van der Waals surface area contributed by atoms with Crippen LogP contribution in [-0.2, 0) is 6.42 Å². The summed E-state index contributed by atoms with van der Waals surface area (Å²) in [6.45, 7) is 4.07. The van der Waals surface area contributed by atoms with Gasteiger partial charge in [0.15, 0.2) is 10.9 Å². The minimum absolute atomic E-state index is 0.277. The van der Waals surface area contributed by atoms with Gasteiger partial charge in [0.25, 0.3) is 0 Å². The number of nitrogens with one attached hydrogen (secondary N) is 1. The van der Waals surface area contributed by atoms with E-state index in [9.17, 15) is 9.90 Å². The van der Waals surface area contributed by atoms with Crippen LogP contribution in [0.2, 0.25) is 0 Å². The molecule has 30 heavy (non-hydrogen) atoms. The molecule has 0 saturated heterocycles. The lowest BCUT2D eigenvalue weighted by atomic mass is 10.1. The summed E-state index contributed by atoms with van der Waals surface area (Å²) >= 11 is 1.51. The molecular weight excluding hydrogens is 398 g/mol. The zero-order chi connectivity index (χ0) is 21.3. The summed E-state index contributed by atoms with van der Waals surface area (Å²) in [4.78, 5) is 20.7. The standard InChI is InChI=1S/C23H21N3O3S/c1-4-19-13(2)24-21(17-11-20(29-3)30-12-17)26-22(19)25-18-8-7-14-9-16(23(27)28)6-5-15(14)10-18/h5-12H,4H2,1-3H3,(H,27,28)(H,24,25,26). The number of anilines is 2. The maximum absolute atomic E-state index is 11.2. The molecule has 0 fully saturated rings. The summed E-state index contributed by atoms with van der Waals surface area (Å²) in [6, 6.07) is 12.9. The maximum atomic E-state index is 11.2. The second-order valence-electron chi connectivity index (χ2n) is 6.88. The topological polar surface area (TPSA) is 84.3 Å². The van der Waals surface area contributed by atoms with E-state index in [0.29, 0.717) is 5.82 Å². The highest BCUT2D eigenvalue weighted by Crippen LogP contribution is 2.32. The van der Waals surface area contributed by atoms with Crippen LogP contribution in [0.4, 0.5) is 11.5 Å². The number of ether oxygens (including phenoxy) is 1. The normalized spacial score (nSPS) is 10.9. The molecule has 152 valence electrons. The fourth-order valence-corrected chi connectivity index (χ4v) is 4.09. The SMILES string of the molecule is CCc1c(C)nc(-c2csc(OC)c2)nc1Nc1ccc2cc(C(=O)O)ccc2c1. The smallest absolute Gasteiger partial charge is 0.335 e. The summed E-state index contributed by atoms with van der Waals surface area (Å²) in [6.07, 6.45) is 0.803. The molecule has 0 unspecified atom stereocenters. The number of hydrogen-bond donors (Lipinski definition) is 2. The van der Waals surface area contributed by atoms with E-state index in [1.54, 1.807) is 19.2 Å². The number of thiophene rings is 1. The van der Waals surface area contributed by atoms with Gasteiger partial charge in [0, 0.05) is 34.0 Å². The Hall–Kier alpha value is -3.45. The molecule has 2 aromatic carbocycles. The van der Waals surface area contributed by atoms with E-state index in [-0.39, 0.29) is 5.56 Å². The van der Waals surface area contributed by atoms with Crippen molar-refractivity contribution in [2.24, 2.45) is 0 Å². The van der Waals surface area contributed by atoms with Crippen LogP contribution in [-0.4, -0.2) is 28.2 Å². The molecule has 0 saturated carbocycles. The number of methoxy groups -OCH3 is 1. The van der Waals surface area contributed by atoms with Gasteiger partial charge in [0.05, 0.1) is 12.7 Å². The van der Waals surface area contributed by atoms with Gasteiger partial charge in [-0.1, -0.05) is 19.1 Å². The summed E-state index contributed by atoms with van der Waals surface area (Å²) < 4.78 is 5.29.